The van der Waals surface area contributed by atoms with Gasteiger partial charge in [-0.05, 0) is 5.53 Å². The molecule has 2 aromatic heterocycles. The molecule has 6 atom stereocenters. The molecule has 3 heterocycles. The number of aliphatic hydroxyl groups is 1. The number of hydrogen-bond acceptors (Lipinski definition) is 17. The third-order valence-electron chi connectivity index (χ3n) is 4.04. The molecule has 21 nitrogen and oxygen atoms in total. The van der Waals surface area contributed by atoms with Crippen molar-refractivity contribution in [1.82, 2.24) is 19.5 Å². The summed E-state index contributed by atoms with van der Waals surface area (Å²) in [5.74, 6) is -0.313. The highest BCUT2D eigenvalue weighted by Crippen LogP contribution is 2.60. The van der Waals surface area contributed by atoms with Crippen molar-refractivity contribution < 1.29 is 56.3 Å². The summed E-state index contributed by atoms with van der Waals surface area (Å²) in [5, 5.41) is 13.8. The van der Waals surface area contributed by atoms with E-state index in [9.17, 15) is 43.2 Å². The molecule has 34 heavy (non-hydrogen) atoms. The summed E-state index contributed by atoms with van der Waals surface area (Å²) in [4.78, 5) is 68.0. The van der Waals surface area contributed by atoms with Gasteiger partial charge in [-0.15, -0.1) is 0 Å². The number of fused-ring (bicyclic) bond motifs is 1. The average molecular weight is 544 g/mol. The summed E-state index contributed by atoms with van der Waals surface area (Å²) in [6.45, 7) is -1.15. The Bertz CT molecular complexity index is 1330. The molecule has 188 valence electrons. The van der Waals surface area contributed by atoms with Crippen LogP contribution in [-0.2, 0) is 31.6 Å². The van der Waals surface area contributed by atoms with E-state index in [1.165, 1.54) is 0 Å². The van der Waals surface area contributed by atoms with Gasteiger partial charge in [0.2, 0.25) is 5.95 Å². The topological polar surface area (TPSA) is 339 Å². The number of nitrogen functional groups attached to an aromatic ring is 1. The summed E-state index contributed by atoms with van der Waals surface area (Å²) in [5.41, 5.74) is 13.2. The Kier molecular flexibility index (Phi) is 7.33. The van der Waals surface area contributed by atoms with Crippen molar-refractivity contribution in [3.8, 4) is 0 Å². The maximum Gasteiger partial charge on any atom is 0.280 e. The Morgan fingerprint density at radius 2 is 1.97 bits per heavy atom. The van der Waals surface area contributed by atoms with E-state index in [1.54, 1.807) is 0 Å². The fourth-order valence-electron chi connectivity index (χ4n) is 2.86. The predicted octanol–water partition coefficient (Wildman–Crippen LogP) is -3.55. The number of nitrogens with two attached hydrogens (primary N) is 1. The number of nitrogens with zero attached hydrogens (tertiary/aromatic N) is 6. The van der Waals surface area contributed by atoms with Crippen molar-refractivity contribution in [3.05, 3.63) is 27.1 Å². The molecule has 0 saturated carbocycles. The van der Waals surface area contributed by atoms with Crippen LogP contribution in [0, 0.1) is 0 Å². The fraction of sp³-hybridized carbons (Fsp3) is 0.500. The number of H-pyrrole nitrogens is 1. The second-order valence-electron chi connectivity index (χ2n) is 6.33. The van der Waals surface area contributed by atoms with Crippen LogP contribution in [0.15, 0.2) is 16.2 Å². The Morgan fingerprint density at radius 3 is 2.59 bits per heavy atom. The molecule has 2 aromatic rings. The Hall–Kier alpha value is -2.21. The van der Waals surface area contributed by atoms with Crippen LogP contribution in [0.25, 0.3) is 21.6 Å². The summed E-state index contributed by atoms with van der Waals surface area (Å²) < 4.78 is 50.5. The van der Waals surface area contributed by atoms with Crippen molar-refractivity contribution in [2.24, 2.45) is 5.11 Å². The summed E-state index contributed by atoms with van der Waals surface area (Å²) >= 11 is 0. The van der Waals surface area contributed by atoms with Gasteiger partial charge in [0.05, 0.1) is 26.9 Å². The molecule has 3 rings (SSSR count). The first-order valence-electron chi connectivity index (χ1n) is 8.44. The summed E-state index contributed by atoms with van der Waals surface area (Å²) in [6.07, 6.45) is -3.79. The van der Waals surface area contributed by atoms with E-state index < -0.39 is 60.1 Å². The van der Waals surface area contributed by atoms with Gasteiger partial charge in [0, 0.05) is 4.91 Å². The van der Waals surface area contributed by atoms with Gasteiger partial charge in [-0.3, -0.25) is 27.8 Å². The molecule has 0 spiro atoms. The largest absolute Gasteiger partial charge is 0.790 e. The van der Waals surface area contributed by atoms with Crippen molar-refractivity contribution >= 4 is 40.6 Å². The first kappa shape index (κ1) is 26.4. The first-order chi connectivity index (χ1) is 15.6. The summed E-state index contributed by atoms with van der Waals surface area (Å²) in [6, 6.07) is -1.47. The number of azide groups is 1. The summed E-state index contributed by atoms with van der Waals surface area (Å²) in [7, 11) is -18.3. The molecule has 4 N–H and O–H groups in total. The van der Waals surface area contributed by atoms with Crippen LogP contribution in [0.5, 0.6) is 0 Å². The molecule has 0 aliphatic carbocycles. The lowest BCUT2D eigenvalue weighted by atomic mass is 10.1. The lowest BCUT2D eigenvalue weighted by Gasteiger charge is -2.37. The van der Waals surface area contributed by atoms with E-state index in [0.29, 0.717) is 0 Å². The van der Waals surface area contributed by atoms with E-state index in [2.05, 4.69) is 38.1 Å². The van der Waals surface area contributed by atoms with Gasteiger partial charge < -0.3 is 44.2 Å². The highest BCUT2D eigenvalue weighted by atomic mass is 31.3. The smallest absolute Gasteiger partial charge is 0.280 e. The Labute approximate surface area is 186 Å². The third kappa shape index (κ3) is 6.07. The molecule has 1 saturated heterocycles. The van der Waals surface area contributed by atoms with Crippen molar-refractivity contribution in [2.45, 2.75) is 24.5 Å². The van der Waals surface area contributed by atoms with E-state index in [0.717, 1.165) is 10.9 Å². The van der Waals surface area contributed by atoms with Crippen molar-refractivity contribution in [2.75, 3.05) is 12.3 Å². The monoisotopic (exact) mass is 544 g/mol. The normalized spacial score (nSPS) is 26.6. The predicted molar refractivity (Wildman–Crippen MR) is 96.4 cm³/mol. The third-order valence-corrected chi connectivity index (χ3v) is 7.71. The molecule has 1 aliphatic heterocycles. The number of phosphoric ester groups is 1. The zero-order valence-electron chi connectivity index (χ0n) is 16.0. The van der Waals surface area contributed by atoms with Crippen LogP contribution in [0.3, 0.4) is 0 Å². The Balaban J connectivity index is 1.81. The van der Waals surface area contributed by atoms with Crippen LogP contribution < -0.4 is 30.9 Å². The number of ether oxygens (including phenoxy) is 1. The number of hydrogen-bond donors (Lipinski definition) is 3. The second kappa shape index (κ2) is 9.44. The SMILES string of the molecule is [N-]=[N+]=NC1C(O)C(COP(=O)([O-])OP(=O)([O-])OP(=O)([O-])[O-])OC1n1cnc2c(=O)[nH]c(N)nc21. The molecule has 0 bridgehead atoms. The number of aromatic nitrogens is 4. The van der Waals surface area contributed by atoms with Gasteiger partial charge in [-0.1, -0.05) is 5.11 Å². The van der Waals surface area contributed by atoms with Gasteiger partial charge in [0.25, 0.3) is 21.2 Å². The molecule has 1 fully saturated rings. The lowest BCUT2D eigenvalue weighted by Crippen LogP contribution is -2.33. The van der Waals surface area contributed by atoms with Crippen molar-refractivity contribution in [3.63, 3.8) is 0 Å². The van der Waals surface area contributed by atoms with Gasteiger partial charge in [0.1, 0.15) is 18.4 Å². The highest BCUT2D eigenvalue weighted by Gasteiger charge is 2.45. The molecular weight excluding hydrogens is 533 g/mol. The molecule has 24 heteroatoms. The number of phosphoric acid groups is 3. The maximum atomic E-state index is 11.9. The molecule has 0 aromatic carbocycles. The van der Waals surface area contributed by atoms with Gasteiger partial charge in [0.15, 0.2) is 11.2 Å². The minimum Gasteiger partial charge on any atom is -0.790 e. The van der Waals surface area contributed by atoms with Crippen LogP contribution in [0.4, 0.5) is 5.95 Å². The van der Waals surface area contributed by atoms with Crippen LogP contribution in [0.1, 0.15) is 6.23 Å². The minimum absolute atomic E-state index is 0.153. The Morgan fingerprint density at radius 1 is 1.29 bits per heavy atom. The van der Waals surface area contributed by atoms with Crippen LogP contribution >= 0.6 is 23.5 Å². The zero-order chi connectivity index (χ0) is 25.5. The van der Waals surface area contributed by atoms with Crippen LogP contribution in [-0.4, -0.2) is 49.5 Å². The average Bonchev–Trinajstić information content (AvgIpc) is 3.19. The molecule has 1 aliphatic rings. The minimum atomic E-state index is -6.20. The number of nitrogens with one attached hydrogen (secondary N) is 1. The zero-order valence-corrected chi connectivity index (χ0v) is 18.7. The van der Waals surface area contributed by atoms with Gasteiger partial charge in [-0.2, -0.15) is 4.98 Å². The van der Waals surface area contributed by atoms with Crippen molar-refractivity contribution in [1.29, 1.82) is 0 Å². The molecular formula is C10H11N8O13P3-4. The number of rotatable bonds is 9. The van der Waals surface area contributed by atoms with E-state index in [4.69, 9.17) is 16.0 Å². The van der Waals surface area contributed by atoms with Gasteiger partial charge >= 0.3 is 0 Å². The van der Waals surface area contributed by atoms with E-state index >= 15 is 0 Å². The standard InChI is InChI=1S/C10H15N8O13P3/c11-10-14-7-5(8(20)15-10)13-2-18(7)9-4(16-17-12)6(19)3(29-9)1-28-33(24,25)31-34(26,27)30-32(21,22)23/h2-4,6,9,19H,1H2,(H,24,25)(H,26,27)(H2,21,22,23)(H3,11,14,15,20)/p-4. The second-order valence-corrected chi connectivity index (χ2v) is 10.6. The van der Waals surface area contributed by atoms with E-state index in [1.807, 2.05) is 0 Å². The fourth-order valence-corrected chi connectivity index (χ4v) is 5.72. The quantitative estimate of drug-likeness (QED) is 0.119. The number of anilines is 1. The highest BCUT2D eigenvalue weighted by molar-refractivity contribution is 7.64. The number of aliphatic hydroxyl groups excluding tert-OH is 1. The first-order valence-corrected chi connectivity index (χ1v) is 12.8. The molecule has 0 radical (unpaired) electrons. The number of aromatic amines is 1. The van der Waals surface area contributed by atoms with E-state index in [-0.39, 0.29) is 17.1 Å². The molecule has 0 amide bonds. The lowest BCUT2D eigenvalue weighted by molar-refractivity contribution is -0.339. The molecule has 6 unspecified atom stereocenters. The van der Waals surface area contributed by atoms with Crippen LogP contribution in [0.2, 0.25) is 0 Å². The maximum absolute atomic E-state index is 11.9. The number of imidazole rings is 1. The van der Waals surface area contributed by atoms with Gasteiger partial charge in [-0.25, -0.2) is 9.29 Å².